The van der Waals surface area contributed by atoms with Gasteiger partial charge in [-0.15, -0.1) is 23.1 Å². The molecule has 0 fully saturated rings. The Labute approximate surface area is 159 Å². The van der Waals surface area contributed by atoms with Crippen LogP contribution in [-0.2, 0) is 6.42 Å². The Morgan fingerprint density at radius 1 is 1.24 bits per heavy atom. The second-order valence-electron chi connectivity index (χ2n) is 6.30. The lowest BCUT2D eigenvalue weighted by molar-refractivity contribution is 0.309. The first-order valence-electron chi connectivity index (χ1n) is 9.05. The summed E-state index contributed by atoms with van der Waals surface area (Å²) in [5.74, 6) is 1.15. The molecule has 1 N–H and O–H groups in total. The van der Waals surface area contributed by atoms with Gasteiger partial charge in [-0.3, -0.25) is 0 Å². The van der Waals surface area contributed by atoms with Crippen LogP contribution in [-0.4, -0.2) is 49.1 Å². The van der Waals surface area contributed by atoms with Crippen LogP contribution < -0.4 is 4.90 Å². The van der Waals surface area contributed by atoms with Crippen LogP contribution in [0.2, 0.25) is 0 Å². The summed E-state index contributed by atoms with van der Waals surface area (Å²) in [5, 5.41) is 10.3. The fraction of sp³-hybridized carbons (Fsp3) is 0.450. The zero-order chi connectivity index (χ0) is 17.6. The van der Waals surface area contributed by atoms with E-state index in [1.807, 2.05) is 29.3 Å². The minimum atomic E-state index is 0.716. The molecule has 3 nitrogen and oxygen atoms in total. The normalized spacial score (nSPS) is 14.0. The van der Waals surface area contributed by atoms with Crippen molar-refractivity contribution >= 4 is 34.5 Å². The Morgan fingerprint density at radius 3 is 2.80 bits per heavy atom. The number of thiophene rings is 1. The molecule has 0 spiro atoms. The van der Waals surface area contributed by atoms with E-state index >= 15 is 0 Å². The van der Waals surface area contributed by atoms with Crippen LogP contribution in [0.4, 0.5) is 5.69 Å². The Kier molecular flexibility index (Phi) is 6.57. The summed E-state index contributed by atoms with van der Waals surface area (Å²) in [6.45, 7) is 10.1. The third-order valence-electron chi connectivity index (χ3n) is 4.76. The number of likely N-dealkylation sites (N-methyl/N-ethyl adjacent to an activating group) is 1. The molecule has 0 unspecified atom stereocenters. The van der Waals surface area contributed by atoms with Crippen LogP contribution in [0.25, 0.3) is 0 Å². The third kappa shape index (κ3) is 4.66. The van der Waals surface area contributed by atoms with Gasteiger partial charge < -0.3 is 15.2 Å². The number of rotatable bonds is 8. The van der Waals surface area contributed by atoms with Crippen LogP contribution >= 0.6 is 23.1 Å². The van der Waals surface area contributed by atoms with E-state index < -0.39 is 0 Å². The zero-order valence-corrected chi connectivity index (χ0v) is 16.8. The van der Waals surface area contributed by atoms with Gasteiger partial charge in [-0.05, 0) is 42.2 Å². The minimum Gasteiger partial charge on any atom is -0.369 e. The first-order chi connectivity index (χ1) is 12.2. The van der Waals surface area contributed by atoms with E-state index in [2.05, 4.69) is 41.8 Å². The highest BCUT2D eigenvalue weighted by molar-refractivity contribution is 7.99. The lowest BCUT2D eigenvalue weighted by Gasteiger charge is -2.33. The summed E-state index contributed by atoms with van der Waals surface area (Å²) in [7, 11) is 0. The van der Waals surface area contributed by atoms with Gasteiger partial charge in [-0.2, -0.15) is 0 Å². The Morgan fingerprint density at radius 2 is 2.08 bits per heavy atom. The second-order valence-corrected chi connectivity index (χ2v) is 8.38. The molecule has 3 rings (SSSR count). The predicted molar refractivity (Wildman–Crippen MR) is 112 cm³/mol. The summed E-state index contributed by atoms with van der Waals surface area (Å²) in [5.41, 5.74) is 3.33. The van der Waals surface area contributed by atoms with Gasteiger partial charge in [0.1, 0.15) is 0 Å². The second kappa shape index (κ2) is 8.88. The molecule has 2 heterocycles. The van der Waals surface area contributed by atoms with Gasteiger partial charge in [0.15, 0.2) is 0 Å². The van der Waals surface area contributed by atoms with Crippen molar-refractivity contribution in [2.24, 2.45) is 0 Å². The Balaban J connectivity index is 1.68. The van der Waals surface area contributed by atoms with E-state index in [9.17, 15) is 0 Å². The molecule has 0 saturated carbocycles. The van der Waals surface area contributed by atoms with Gasteiger partial charge in [0.2, 0.25) is 0 Å². The molecule has 0 radical (unpaired) electrons. The average molecular weight is 374 g/mol. The summed E-state index contributed by atoms with van der Waals surface area (Å²) < 4.78 is 0. The van der Waals surface area contributed by atoms with Crippen molar-refractivity contribution in [1.29, 1.82) is 5.41 Å². The maximum Gasteiger partial charge on any atom is 0.0529 e. The van der Waals surface area contributed by atoms with Crippen LogP contribution in [0.5, 0.6) is 0 Å². The molecule has 1 aromatic carbocycles. The lowest BCUT2D eigenvalue weighted by atomic mass is 10.1. The molecular weight excluding hydrogens is 346 g/mol. The summed E-state index contributed by atoms with van der Waals surface area (Å²) >= 11 is 3.60. The molecule has 0 amide bonds. The Hall–Kier alpha value is -1.30. The number of hydrogen-bond acceptors (Lipinski definition) is 5. The molecule has 5 heteroatoms. The lowest BCUT2D eigenvalue weighted by Crippen LogP contribution is -2.37. The van der Waals surface area contributed by atoms with Crippen LogP contribution in [0.1, 0.15) is 24.3 Å². The molecular formula is C20H27N3S2. The highest BCUT2D eigenvalue weighted by atomic mass is 32.2. The summed E-state index contributed by atoms with van der Waals surface area (Å²) in [6.07, 6.45) is 0.716. The zero-order valence-electron chi connectivity index (χ0n) is 15.1. The van der Waals surface area contributed by atoms with Crippen molar-refractivity contribution in [3.63, 3.8) is 0 Å². The van der Waals surface area contributed by atoms with E-state index in [1.54, 1.807) is 11.3 Å². The number of benzene rings is 1. The maximum atomic E-state index is 8.31. The quantitative estimate of drug-likeness (QED) is 0.685. The molecule has 1 aliphatic heterocycles. The van der Waals surface area contributed by atoms with Crippen LogP contribution in [0.3, 0.4) is 0 Å². The topological polar surface area (TPSA) is 30.3 Å². The van der Waals surface area contributed by atoms with Gasteiger partial charge in [0.25, 0.3) is 0 Å². The number of thioether (sulfide) groups is 1. The fourth-order valence-electron chi connectivity index (χ4n) is 3.21. The first-order valence-corrected chi connectivity index (χ1v) is 10.9. The fourth-order valence-corrected chi connectivity index (χ4v) is 4.99. The van der Waals surface area contributed by atoms with Crippen molar-refractivity contribution in [3.05, 3.63) is 46.2 Å². The molecule has 134 valence electrons. The highest BCUT2D eigenvalue weighted by Crippen LogP contribution is 2.35. The number of fused-ring (bicyclic) bond motifs is 1. The molecule has 1 aromatic heterocycles. The van der Waals surface area contributed by atoms with Gasteiger partial charge in [-0.1, -0.05) is 26.0 Å². The van der Waals surface area contributed by atoms with Gasteiger partial charge in [-0.25, -0.2) is 0 Å². The van der Waals surface area contributed by atoms with Crippen molar-refractivity contribution in [2.75, 3.05) is 43.4 Å². The minimum absolute atomic E-state index is 0.716. The molecule has 1 aliphatic rings. The Bertz CT molecular complexity index is 693. The molecule has 0 saturated heterocycles. The first kappa shape index (κ1) is 18.5. The number of hydrogen-bond donors (Lipinski definition) is 1. The number of nitrogens with zero attached hydrogens (tertiary/aromatic N) is 2. The van der Waals surface area contributed by atoms with E-state index in [1.165, 1.54) is 16.1 Å². The summed E-state index contributed by atoms with van der Waals surface area (Å²) in [4.78, 5) is 7.46. The van der Waals surface area contributed by atoms with Crippen molar-refractivity contribution < 1.29 is 0 Å². The molecule has 0 bridgehead atoms. The van der Waals surface area contributed by atoms with Gasteiger partial charge >= 0.3 is 0 Å². The van der Waals surface area contributed by atoms with Crippen molar-refractivity contribution in [3.8, 4) is 0 Å². The van der Waals surface area contributed by atoms with Crippen LogP contribution in [0.15, 0.2) is 40.6 Å². The highest BCUT2D eigenvalue weighted by Gasteiger charge is 2.18. The van der Waals surface area contributed by atoms with E-state index in [0.717, 1.165) is 43.4 Å². The van der Waals surface area contributed by atoms with E-state index in [4.69, 9.17) is 5.41 Å². The van der Waals surface area contributed by atoms with Crippen molar-refractivity contribution in [1.82, 2.24) is 4.90 Å². The molecule has 25 heavy (non-hydrogen) atoms. The van der Waals surface area contributed by atoms with Gasteiger partial charge in [0, 0.05) is 41.6 Å². The average Bonchev–Trinajstić information content (AvgIpc) is 3.17. The molecule has 0 atom stereocenters. The van der Waals surface area contributed by atoms with Crippen LogP contribution in [0, 0.1) is 5.41 Å². The number of nitrogens with one attached hydrogen (secondary N) is 1. The van der Waals surface area contributed by atoms with Gasteiger partial charge in [0.05, 0.1) is 11.4 Å². The largest absolute Gasteiger partial charge is 0.369 e. The maximum absolute atomic E-state index is 8.31. The monoisotopic (exact) mass is 373 g/mol. The predicted octanol–water partition coefficient (Wildman–Crippen LogP) is 4.61. The number of anilines is 1. The molecule has 0 aliphatic carbocycles. The van der Waals surface area contributed by atoms with E-state index in [0.29, 0.717) is 12.1 Å². The smallest absolute Gasteiger partial charge is 0.0529 e. The summed E-state index contributed by atoms with van der Waals surface area (Å²) in [6, 6.07) is 10.8. The third-order valence-corrected chi connectivity index (χ3v) is 6.72. The van der Waals surface area contributed by atoms with E-state index in [-0.39, 0.29) is 0 Å². The SMILES string of the molecule is CCN(CC)CCN1CCSc2cc(CC(=N)c3cccs3)ccc21. The molecule has 2 aromatic rings. The van der Waals surface area contributed by atoms with Crippen molar-refractivity contribution in [2.45, 2.75) is 25.2 Å². The standard InChI is InChI=1S/C20H27N3S2/c1-3-22(4-2)9-10-23-11-13-25-20-15-16(7-8-18(20)23)14-17(21)19-6-5-12-24-19/h5-8,12,15,21H,3-4,9-11,13-14H2,1-2H3.